The quantitative estimate of drug-likeness (QED) is 0.838. The van der Waals surface area contributed by atoms with E-state index in [1.165, 1.54) is 16.7 Å². The van der Waals surface area contributed by atoms with Crippen molar-refractivity contribution < 1.29 is 9.59 Å². The Labute approximate surface area is 160 Å². The molecule has 2 fully saturated rings. The Balaban J connectivity index is 1.53. The smallest absolute Gasteiger partial charge is 0.242 e. The van der Waals surface area contributed by atoms with Gasteiger partial charge in [0.15, 0.2) is 0 Å². The molecule has 0 bridgehead atoms. The van der Waals surface area contributed by atoms with Crippen molar-refractivity contribution in [2.24, 2.45) is 0 Å². The third-order valence-corrected chi connectivity index (χ3v) is 6.04. The highest BCUT2D eigenvalue weighted by Gasteiger charge is 2.53. The van der Waals surface area contributed by atoms with Crippen molar-refractivity contribution in [1.29, 1.82) is 0 Å². The largest absolute Gasteiger partial charge is 0.332 e. The summed E-state index contributed by atoms with van der Waals surface area (Å²) in [4.78, 5) is 28.0. The van der Waals surface area contributed by atoms with Crippen molar-refractivity contribution in [2.75, 3.05) is 13.1 Å². The van der Waals surface area contributed by atoms with Gasteiger partial charge in [0.2, 0.25) is 11.8 Å². The summed E-state index contributed by atoms with van der Waals surface area (Å²) >= 11 is 0. The maximum atomic E-state index is 12.5. The lowest BCUT2D eigenvalue weighted by Crippen LogP contribution is -2.72. The number of benzene rings is 2. The van der Waals surface area contributed by atoms with Gasteiger partial charge in [-0.2, -0.15) is 0 Å². The Kier molecular flexibility index (Phi) is 4.73. The first-order valence-electron chi connectivity index (χ1n) is 9.78. The third kappa shape index (κ3) is 3.25. The van der Waals surface area contributed by atoms with E-state index in [2.05, 4.69) is 55.5 Å². The molecule has 2 amide bonds. The Morgan fingerprint density at radius 1 is 1.04 bits per heavy atom. The van der Waals surface area contributed by atoms with Crippen molar-refractivity contribution in [3.63, 3.8) is 0 Å². The number of fused-ring (bicyclic) bond motifs is 1. The molecule has 0 aromatic heterocycles. The molecule has 0 aliphatic carbocycles. The second kappa shape index (κ2) is 7.18. The highest BCUT2D eigenvalue weighted by molar-refractivity contribution is 5.86. The van der Waals surface area contributed by atoms with Crippen LogP contribution in [-0.4, -0.2) is 46.8 Å². The van der Waals surface area contributed by atoms with Gasteiger partial charge in [0.1, 0.15) is 0 Å². The first kappa shape index (κ1) is 17.8. The van der Waals surface area contributed by atoms with Gasteiger partial charge in [-0.05, 0) is 29.5 Å². The predicted molar refractivity (Wildman–Crippen MR) is 105 cm³/mol. The van der Waals surface area contributed by atoms with Crippen LogP contribution < -0.4 is 0 Å². The van der Waals surface area contributed by atoms with Gasteiger partial charge in [0.05, 0.1) is 12.6 Å². The van der Waals surface area contributed by atoms with Gasteiger partial charge in [0.25, 0.3) is 0 Å². The predicted octanol–water partition coefficient (Wildman–Crippen LogP) is 3.21. The van der Waals surface area contributed by atoms with Gasteiger partial charge in [-0.25, -0.2) is 0 Å². The normalized spacial score (nSPS) is 24.4. The molecule has 4 heteroatoms. The molecule has 3 atom stereocenters. The van der Waals surface area contributed by atoms with Gasteiger partial charge >= 0.3 is 0 Å². The van der Waals surface area contributed by atoms with Gasteiger partial charge in [-0.15, -0.1) is 0 Å². The molecule has 0 saturated carbocycles. The van der Waals surface area contributed by atoms with Gasteiger partial charge < -0.3 is 9.80 Å². The van der Waals surface area contributed by atoms with E-state index in [0.717, 1.165) is 12.8 Å². The summed E-state index contributed by atoms with van der Waals surface area (Å²) in [5, 5.41) is 0. The molecule has 2 saturated heterocycles. The monoisotopic (exact) mass is 362 g/mol. The second-order valence-corrected chi connectivity index (χ2v) is 7.67. The zero-order valence-electron chi connectivity index (χ0n) is 16.0. The molecule has 2 aromatic carbocycles. The van der Waals surface area contributed by atoms with E-state index < -0.39 is 0 Å². The fourth-order valence-corrected chi connectivity index (χ4v) is 4.68. The number of carbonyl (C=O) groups is 2. The lowest BCUT2D eigenvalue weighted by Gasteiger charge is -2.59. The Hall–Kier alpha value is -2.62. The van der Waals surface area contributed by atoms with E-state index in [-0.39, 0.29) is 30.4 Å². The first-order valence-corrected chi connectivity index (χ1v) is 9.78. The fraction of sp³-hybridized carbons (Fsp3) is 0.391. The molecule has 140 valence electrons. The lowest BCUT2D eigenvalue weighted by molar-refractivity contribution is -0.163. The number of piperazine rings is 1. The molecule has 4 rings (SSSR count). The van der Waals surface area contributed by atoms with Crippen LogP contribution in [0.1, 0.15) is 42.9 Å². The number of amides is 2. The van der Waals surface area contributed by atoms with Crippen molar-refractivity contribution >= 4 is 11.8 Å². The van der Waals surface area contributed by atoms with Crippen molar-refractivity contribution in [2.45, 2.75) is 44.7 Å². The summed E-state index contributed by atoms with van der Waals surface area (Å²) in [6, 6.07) is 19.6. The molecule has 4 nitrogen and oxygen atoms in total. The molecule has 2 aliphatic rings. The topological polar surface area (TPSA) is 40.6 Å². The highest BCUT2D eigenvalue weighted by atomic mass is 16.2. The molecule has 0 radical (unpaired) electrons. The molecular weight excluding hydrogens is 336 g/mol. The molecule has 3 unspecified atom stereocenters. The Bertz CT molecular complexity index is 831. The van der Waals surface area contributed by atoms with E-state index in [0.29, 0.717) is 12.5 Å². The SMILES string of the molecule is CCC1C(c2ccc(Cc3ccccc3)cc2)C2CN(C(C)=O)CC(=O)N12. The minimum absolute atomic E-state index is 0.0140. The summed E-state index contributed by atoms with van der Waals surface area (Å²) in [6.45, 7) is 4.56. The number of hydrogen-bond donors (Lipinski definition) is 0. The van der Waals surface area contributed by atoms with E-state index >= 15 is 0 Å². The van der Waals surface area contributed by atoms with Crippen molar-refractivity contribution in [1.82, 2.24) is 9.80 Å². The van der Waals surface area contributed by atoms with Crippen molar-refractivity contribution in [3.05, 3.63) is 71.3 Å². The molecule has 2 aromatic rings. The summed E-state index contributed by atoms with van der Waals surface area (Å²) < 4.78 is 0. The number of rotatable bonds is 4. The number of nitrogens with zero attached hydrogens (tertiary/aromatic N) is 2. The Morgan fingerprint density at radius 2 is 1.70 bits per heavy atom. The number of hydrogen-bond acceptors (Lipinski definition) is 2. The minimum atomic E-state index is -0.0140. The molecule has 0 N–H and O–H groups in total. The fourth-order valence-electron chi connectivity index (χ4n) is 4.68. The molecule has 27 heavy (non-hydrogen) atoms. The van der Waals surface area contributed by atoms with Gasteiger partial charge in [-0.1, -0.05) is 61.5 Å². The zero-order chi connectivity index (χ0) is 19.0. The number of carbonyl (C=O) groups excluding carboxylic acids is 2. The van der Waals surface area contributed by atoms with E-state index in [9.17, 15) is 9.59 Å². The molecule has 2 aliphatic heterocycles. The van der Waals surface area contributed by atoms with Gasteiger partial charge in [0, 0.05) is 25.4 Å². The zero-order valence-corrected chi connectivity index (χ0v) is 16.0. The van der Waals surface area contributed by atoms with Crippen LogP contribution in [0.5, 0.6) is 0 Å². The summed E-state index contributed by atoms with van der Waals surface area (Å²) in [5.41, 5.74) is 3.87. The lowest BCUT2D eigenvalue weighted by atomic mass is 9.72. The van der Waals surface area contributed by atoms with Crippen LogP contribution in [0.4, 0.5) is 0 Å². The standard InChI is InChI=1S/C23H26N2O2/c1-3-20-23(21-14-24(16(2)26)15-22(27)25(20)21)19-11-9-18(10-12-19)13-17-7-5-4-6-8-17/h4-12,20-21,23H,3,13-15H2,1-2H3. The van der Waals surface area contributed by atoms with Crippen LogP contribution >= 0.6 is 0 Å². The van der Waals surface area contributed by atoms with E-state index in [4.69, 9.17) is 0 Å². The average molecular weight is 362 g/mol. The van der Waals surface area contributed by atoms with Crippen LogP contribution in [0.3, 0.4) is 0 Å². The minimum Gasteiger partial charge on any atom is -0.332 e. The first-order chi connectivity index (χ1) is 13.1. The van der Waals surface area contributed by atoms with E-state index in [1.807, 2.05) is 11.0 Å². The molecular formula is C23H26N2O2. The van der Waals surface area contributed by atoms with Crippen LogP contribution in [0.25, 0.3) is 0 Å². The molecule has 2 heterocycles. The van der Waals surface area contributed by atoms with Crippen molar-refractivity contribution in [3.8, 4) is 0 Å². The summed E-state index contributed by atoms with van der Waals surface area (Å²) in [5.74, 6) is 0.386. The third-order valence-electron chi connectivity index (χ3n) is 6.04. The van der Waals surface area contributed by atoms with E-state index in [1.54, 1.807) is 11.8 Å². The second-order valence-electron chi connectivity index (χ2n) is 7.67. The maximum absolute atomic E-state index is 12.5. The molecule has 0 spiro atoms. The maximum Gasteiger partial charge on any atom is 0.242 e. The summed E-state index contributed by atoms with van der Waals surface area (Å²) in [6.07, 6.45) is 1.87. The van der Waals surface area contributed by atoms with Crippen LogP contribution in [0.2, 0.25) is 0 Å². The summed E-state index contributed by atoms with van der Waals surface area (Å²) in [7, 11) is 0. The van der Waals surface area contributed by atoms with Crippen LogP contribution in [0.15, 0.2) is 54.6 Å². The van der Waals surface area contributed by atoms with Crippen LogP contribution in [-0.2, 0) is 16.0 Å². The van der Waals surface area contributed by atoms with Crippen LogP contribution in [0, 0.1) is 0 Å². The van der Waals surface area contributed by atoms with Gasteiger partial charge in [-0.3, -0.25) is 9.59 Å². The highest BCUT2D eigenvalue weighted by Crippen LogP contribution is 2.44. The average Bonchev–Trinajstić information content (AvgIpc) is 2.65. The Morgan fingerprint density at radius 3 is 2.33 bits per heavy atom.